The summed E-state index contributed by atoms with van der Waals surface area (Å²) in [6, 6.07) is 10.8. The zero-order chi connectivity index (χ0) is 31.5. The molecule has 0 spiro atoms. The molecule has 0 bridgehead atoms. The SMILES string of the molecule is O=C([N-]c1c[n+](C2CCC(CNCC(F)(F)F)CC2)no1)Nc1cc(N2CCC(c3ccccc3)C2=O)cc(C(F)(F)F)c1. The van der Waals surface area contributed by atoms with Crippen LogP contribution in [-0.2, 0) is 11.0 Å². The number of carbonyl (C=O) groups excluding carboxylic acids is 2. The highest BCUT2D eigenvalue weighted by molar-refractivity contribution is 6.04. The minimum Gasteiger partial charge on any atom is -0.424 e. The van der Waals surface area contributed by atoms with Gasteiger partial charge in [0.25, 0.3) is 0 Å². The Morgan fingerprint density at radius 2 is 1.75 bits per heavy atom. The summed E-state index contributed by atoms with van der Waals surface area (Å²) in [6.45, 7) is -0.570. The lowest BCUT2D eigenvalue weighted by atomic mass is 9.86. The van der Waals surface area contributed by atoms with Crippen LogP contribution >= 0.6 is 0 Å². The van der Waals surface area contributed by atoms with E-state index in [1.165, 1.54) is 21.8 Å². The molecule has 2 aromatic carbocycles. The Labute approximate surface area is 248 Å². The van der Waals surface area contributed by atoms with Crippen molar-refractivity contribution in [1.29, 1.82) is 0 Å². The maximum absolute atomic E-state index is 13.8. The number of urea groups is 1. The summed E-state index contributed by atoms with van der Waals surface area (Å²) in [7, 11) is 0. The van der Waals surface area contributed by atoms with Gasteiger partial charge in [0.15, 0.2) is 17.3 Å². The number of benzene rings is 2. The van der Waals surface area contributed by atoms with E-state index in [-0.39, 0.29) is 48.2 Å². The molecule has 2 heterocycles. The monoisotopic (exact) mass is 624 g/mol. The van der Waals surface area contributed by atoms with Crippen LogP contribution in [0.1, 0.15) is 55.2 Å². The second kappa shape index (κ2) is 12.8. The highest BCUT2D eigenvalue weighted by Gasteiger charge is 2.36. The fourth-order valence-electron chi connectivity index (χ4n) is 5.69. The molecule has 1 aliphatic heterocycles. The first-order chi connectivity index (χ1) is 20.9. The highest BCUT2D eigenvalue weighted by atomic mass is 19.4. The van der Waals surface area contributed by atoms with E-state index in [1.54, 1.807) is 24.3 Å². The second-order valence-corrected chi connectivity index (χ2v) is 11.0. The summed E-state index contributed by atoms with van der Waals surface area (Å²) in [5.41, 5.74) is -0.470. The third kappa shape index (κ3) is 7.87. The van der Waals surface area contributed by atoms with Crippen molar-refractivity contribution in [2.75, 3.05) is 29.9 Å². The largest absolute Gasteiger partial charge is 0.424 e. The summed E-state index contributed by atoms with van der Waals surface area (Å²) >= 11 is 0. The van der Waals surface area contributed by atoms with Gasteiger partial charge in [0.2, 0.25) is 18.0 Å². The smallest absolute Gasteiger partial charge is 0.416 e. The van der Waals surface area contributed by atoms with Crippen LogP contribution in [-0.4, -0.2) is 43.0 Å². The Morgan fingerprint density at radius 1 is 1.02 bits per heavy atom. The predicted octanol–water partition coefficient (Wildman–Crippen LogP) is 6.62. The van der Waals surface area contributed by atoms with E-state index in [1.807, 2.05) is 6.07 Å². The summed E-state index contributed by atoms with van der Waals surface area (Å²) in [4.78, 5) is 27.1. The van der Waals surface area contributed by atoms with E-state index in [9.17, 15) is 35.9 Å². The molecule has 0 radical (unpaired) electrons. The molecule has 3 amide bonds. The third-order valence-corrected chi connectivity index (χ3v) is 7.85. The van der Waals surface area contributed by atoms with Gasteiger partial charge in [-0.3, -0.25) is 9.59 Å². The molecule has 9 nitrogen and oxygen atoms in total. The van der Waals surface area contributed by atoms with Crippen molar-refractivity contribution in [3.05, 3.63) is 71.2 Å². The van der Waals surface area contributed by atoms with E-state index < -0.39 is 36.4 Å². The molecule has 2 aliphatic rings. The molecule has 1 aromatic heterocycles. The maximum Gasteiger partial charge on any atom is 0.416 e. The van der Waals surface area contributed by atoms with Crippen molar-refractivity contribution < 1.29 is 45.1 Å². The molecule has 1 unspecified atom stereocenters. The number of halogens is 6. The zero-order valence-electron chi connectivity index (χ0n) is 23.4. The first kappa shape index (κ1) is 31.3. The summed E-state index contributed by atoms with van der Waals surface area (Å²) in [5, 5.41) is 12.4. The Morgan fingerprint density at radius 3 is 2.43 bits per heavy atom. The minimum atomic E-state index is -4.74. The highest BCUT2D eigenvalue weighted by Crippen LogP contribution is 2.38. The van der Waals surface area contributed by atoms with Gasteiger partial charge in [0.05, 0.1) is 18.0 Å². The predicted molar refractivity (Wildman–Crippen MR) is 146 cm³/mol. The molecule has 1 saturated carbocycles. The lowest BCUT2D eigenvalue weighted by molar-refractivity contribution is -0.787. The van der Waals surface area contributed by atoms with Crippen molar-refractivity contribution in [2.24, 2.45) is 5.92 Å². The van der Waals surface area contributed by atoms with Crippen molar-refractivity contribution in [3.63, 3.8) is 0 Å². The van der Waals surface area contributed by atoms with Crippen LogP contribution in [0.5, 0.6) is 0 Å². The summed E-state index contributed by atoms with van der Waals surface area (Å²) in [5.74, 6) is -0.911. The number of alkyl halides is 6. The summed E-state index contributed by atoms with van der Waals surface area (Å²) < 4.78 is 84.9. The molecule has 5 rings (SSSR count). The molecule has 1 saturated heterocycles. The molecule has 236 valence electrons. The summed E-state index contributed by atoms with van der Waals surface area (Å²) in [6.07, 6.45) is -4.57. The molecule has 2 fully saturated rings. The van der Waals surface area contributed by atoms with Crippen LogP contribution in [0.2, 0.25) is 0 Å². The van der Waals surface area contributed by atoms with Crippen LogP contribution in [0.15, 0.2) is 59.3 Å². The number of carbonyl (C=O) groups is 2. The van der Waals surface area contributed by atoms with Gasteiger partial charge < -0.3 is 25.4 Å². The Bertz CT molecular complexity index is 1450. The van der Waals surface area contributed by atoms with E-state index in [2.05, 4.69) is 21.2 Å². The number of nitrogens with zero attached hydrogens (tertiary/aromatic N) is 4. The van der Waals surface area contributed by atoms with Gasteiger partial charge >= 0.3 is 12.4 Å². The number of aromatic nitrogens is 2. The number of nitrogens with one attached hydrogen (secondary N) is 2. The fraction of sp³-hybridized carbons (Fsp3) is 0.448. The maximum atomic E-state index is 13.8. The molecule has 2 N–H and O–H groups in total. The quantitative estimate of drug-likeness (QED) is 0.217. The van der Waals surface area contributed by atoms with Crippen molar-refractivity contribution in [2.45, 2.75) is 56.4 Å². The van der Waals surface area contributed by atoms with Gasteiger partial charge in [0.1, 0.15) is 0 Å². The van der Waals surface area contributed by atoms with Gasteiger partial charge in [-0.15, -0.1) is 0 Å². The Hall–Kier alpha value is -4.14. The molecule has 1 atom stereocenters. The normalized spacial score (nSPS) is 21.0. The molecule has 15 heteroatoms. The van der Waals surface area contributed by atoms with E-state index in [4.69, 9.17) is 4.52 Å². The average molecular weight is 625 g/mol. The minimum absolute atomic E-state index is 0.000252. The number of rotatable bonds is 8. The van der Waals surface area contributed by atoms with Gasteiger partial charge in [-0.1, -0.05) is 35.0 Å². The van der Waals surface area contributed by atoms with Gasteiger partial charge in [-0.05, 0) is 61.2 Å². The van der Waals surface area contributed by atoms with E-state index in [0.717, 1.165) is 17.7 Å². The molecule has 44 heavy (non-hydrogen) atoms. The Balaban J connectivity index is 1.20. The first-order valence-electron chi connectivity index (χ1n) is 14.1. The van der Waals surface area contributed by atoms with Crippen molar-refractivity contribution in [1.82, 2.24) is 10.6 Å². The van der Waals surface area contributed by atoms with Crippen LogP contribution in [0, 0.1) is 5.92 Å². The van der Waals surface area contributed by atoms with Gasteiger partial charge in [-0.2, -0.15) is 26.3 Å². The first-order valence-corrected chi connectivity index (χ1v) is 14.1. The fourth-order valence-corrected chi connectivity index (χ4v) is 5.69. The van der Waals surface area contributed by atoms with Gasteiger partial charge in [-0.25, -0.2) is 0 Å². The molecule has 1 aliphatic carbocycles. The topological polar surface area (TPSA) is 105 Å². The molecular formula is C29H30F6N6O3. The van der Waals surface area contributed by atoms with Crippen LogP contribution in [0.3, 0.4) is 0 Å². The van der Waals surface area contributed by atoms with Crippen LogP contribution in [0.25, 0.3) is 5.32 Å². The lowest BCUT2D eigenvalue weighted by Gasteiger charge is -2.24. The average Bonchev–Trinajstić information content (AvgIpc) is 3.59. The van der Waals surface area contributed by atoms with Crippen molar-refractivity contribution >= 4 is 29.2 Å². The van der Waals surface area contributed by atoms with Gasteiger partial charge in [0, 0.05) is 25.1 Å². The van der Waals surface area contributed by atoms with Crippen LogP contribution in [0.4, 0.5) is 48.4 Å². The second-order valence-electron chi connectivity index (χ2n) is 11.0. The van der Waals surface area contributed by atoms with Crippen LogP contribution < -0.4 is 20.2 Å². The molecule has 3 aromatic rings. The Kier molecular flexibility index (Phi) is 9.13. The number of anilines is 2. The van der Waals surface area contributed by atoms with Crippen molar-refractivity contribution in [3.8, 4) is 0 Å². The number of hydrogen-bond acceptors (Lipinski definition) is 5. The number of amides is 3. The zero-order valence-corrected chi connectivity index (χ0v) is 23.4. The third-order valence-electron chi connectivity index (χ3n) is 7.85. The lowest BCUT2D eigenvalue weighted by Crippen LogP contribution is -2.43. The molecular weight excluding hydrogens is 594 g/mol. The van der Waals surface area contributed by atoms with E-state index >= 15 is 0 Å². The standard InChI is InChI=1S/C29H30F6N6O3/c30-28(31,32)17-36-15-18-6-8-22(9-7-18)41-16-25(44-39-41)38-27(43)37-21-12-20(29(33,34)35)13-23(14-21)40-11-10-24(26(40)42)19-4-2-1-3-5-19/h1-5,12-14,16,18,22,24,36H,6-11,15,17H2,(H-,37,38,39,43). The van der Waals surface area contributed by atoms with E-state index in [0.29, 0.717) is 32.1 Å². The number of hydrogen-bond donors (Lipinski definition) is 2.